The molecule has 0 aliphatic heterocycles. The summed E-state index contributed by atoms with van der Waals surface area (Å²) >= 11 is 7.73. The first-order valence-electron chi connectivity index (χ1n) is 7.19. The second-order valence-electron chi connectivity index (χ2n) is 5.22. The summed E-state index contributed by atoms with van der Waals surface area (Å²) in [6.45, 7) is 0.354. The molecule has 1 heterocycles. The maximum atomic E-state index is 11.6. The second kappa shape index (κ2) is 7.07. The minimum Gasteiger partial charge on any atom is -0.486 e. The predicted molar refractivity (Wildman–Crippen MR) is 95.1 cm³/mol. The molecule has 0 radical (unpaired) electrons. The van der Waals surface area contributed by atoms with Crippen LogP contribution in [0.15, 0.2) is 42.5 Å². The van der Waals surface area contributed by atoms with Gasteiger partial charge in [0, 0.05) is 20.2 Å². The van der Waals surface area contributed by atoms with Crippen LogP contribution in [0.25, 0.3) is 10.2 Å². The molecular formula is C17H15ClN2O3S. The minimum absolute atomic E-state index is 0.294. The fourth-order valence-corrected chi connectivity index (χ4v) is 3.06. The quantitative estimate of drug-likeness (QED) is 0.681. The molecular weight excluding hydrogens is 348 g/mol. The Morgan fingerprint density at radius 1 is 1.25 bits per heavy atom. The third-order valence-electron chi connectivity index (χ3n) is 3.17. The van der Waals surface area contributed by atoms with Crippen LogP contribution in [-0.2, 0) is 6.61 Å². The van der Waals surface area contributed by atoms with E-state index in [1.54, 1.807) is 43.6 Å². The van der Waals surface area contributed by atoms with Crippen LogP contribution < -0.4 is 9.47 Å². The van der Waals surface area contributed by atoms with Crippen molar-refractivity contribution in [1.82, 2.24) is 9.88 Å². The Morgan fingerprint density at radius 3 is 2.75 bits per heavy atom. The van der Waals surface area contributed by atoms with E-state index >= 15 is 0 Å². The van der Waals surface area contributed by atoms with Crippen molar-refractivity contribution in [3.63, 3.8) is 0 Å². The summed E-state index contributed by atoms with van der Waals surface area (Å²) in [5.41, 5.74) is 0.963. The number of halogens is 1. The molecule has 7 heteroatoms. The van der Waals surface area contributed by atoms with Crippen molar-refractivity contribution in [2.24, 2.45) is 0 Å². The number of amides is 1. The van der Waals surface area contributed by atoms with Crippen LogP contribution in [-0.4, -0.2) is 30.1 Å². The SMILES string of the molecule is CN(C)C(=O)Oc1ccc(OCc2nc3ccccc3s2)cc1Cl. The lowest BCUT2D eigenvalue weighted by Gasteiger charge is -2.12. The molecule has 0 aliphatic carbocycles. The van der Waals surface area contributed by atoms with Gasteiger partial charge in [0.1, 0.15) is 17.4 Å². The fourth-order valence-electron chi connectivity index (χ4n) is 1.97. The van der Waals surface area contributed by atoms with E-state index in [2.05, 4.69) is 4.98 Å². The molecule has 2 aromatic carbocycles. The van der Waals surface area contributed by atoms with Gasteiger partial charge in [0.25, 0.3) is 0 Å². The molecule has 0 N–H and O–H groups in total. The summed E-state index contributed by atoms with van der Waals surface area (Å²) in [7, 11) is 3.21. The van der Waals surface area contributed by atoms with E-state index in [1.165, 1.54) is 4.90 Å². The Kier molecular flexibility index (Phi) is 4.87. The zero-order valence-corrected chi connectivity index (χ0v) is 14.7. The number of aromatic nitrogens is 1. The highest BCUT2D eigenvalue weighted by atomic mass is 35.5. The van der Waals surface area contributed by atoms with Gasteiger partial charge in [-0.25, -0.2) is 9.78 Å². The van der Waals surface area contributed by atoms with Gasteiger partial charge in [-0.05, 0) is 24.3 Å². The zero-order valence-electron chi connectivity index (χ0n) is 13.2. The average Bonchev–Trinajstić information content (AvgIpc) is 2.98. The number of fused-ring (bicyclic) bond motifs is 1. The lowest BCUT2D eigenvalue weighted by molar-refractivity contribution is 0.172. The predicted octanol–water partition coefficient (Wildman–Crippen LogP) is 4.59. The highest BCUT2D eigenvalue weighted by Gasteiger charge is 2.11. The maximum Gasteiger partial charge on any atom is 0.414 e. The van der Waals surface area contributed by atoms with Crippen molar-refractivity contribution in [2.45, 2.75) is 6.61 Å². The molecule has 0 fully saturated rings. The number of carbonyl (C=O) groups is 1. The van der Waals surface area contributed by atoms with E-state index in [0.29, 0.717) is 23.1 Å². The molecule has 0 bridgehead atoms. The van der Waals surface area contributed by atoms with Gasteiger partial charge >= 0.3 is 6.09 Å². The van der Waals surface area contributed by atoms with Crippen molar-refractivity contribution in [3.05, 3.63) is 52.5 Å². The molecule has 1 amide bonds. The van der Waals surface area contributed by atoms with Crippen LogP contribution in [0.4, 0.5) is 4.79 Å². The fraction of sp³-hybridized carbons (Fsp3) is 0.176. The average molecular weight is 363 g/mol. The largest absolute Gasteiger partial charge is 0.486 e. The molecule has 0 saturated heterocycles. The Bertz CT molecular complexity index is 846. The lowest BCUT2D eigenvalue weighted by Crippen LogP contribution is -2.25. The van der Waals surface area contributed by atoms with Crippen molar-refractivity contribution in [1.29, 1.82) is 0 Å². The second-order valence-corrected chi connectivity index (χ2v) is 6.74. The number of hydrogen-bond acceptors (Lipinski definition) is 5. The summed E-state index contributed by atoms with van der Waals surface area (Å²) in [5.74, 6) is 0.881. The molecule has 3 rings (SSSR count). The van der Waals surface area contributed by atoms with Crippen molar-refractivity contribution in [2.75, 3.05) is 14.1 Å². The molecule has 0 atom stereocenters. The van der Waals surface area contributed by atoms with Crippen LogP contribution in [0.2, 0.25) is 5.02 Å². The topological polar surface area (TPSA) is 51.7 Å². The number of thiazole rings is 1. The normalized spacial score (nSPS) is 10.6. The number of benzene rings is 2. The Hall–Kier alpha value is -2.31. The van der Waals surface area contributed by atoms with Gasteiger partial charge in [-0.1, -0.05) is 23.7 Å². The number of para-hydroxylation sites is 1. The summed E-state index contributed by atoms with van der Waals surface area (Å²) in [6.07, 6.45) is -0.486. The van der Waals surface area contributed by atoms with E-state index in [0.717, 1.165) is 15.2 Å². The number of hydrogen-bond donors (Lipinski definition) is 0. The van der Waals surface area contributed by atoms with Crippen LogP contribution >= 0.6 is 22.9 Å². The molecule has 3 aromatic rings. The number of rotatable bonds is 4. The summed E-state index contributed by atoms with van der Waals surface area (Å²) in [6, 6.07) is 12.9. The van der Waals surface area contributed by atoms with Gasteiger partial charge in [-0.15, -0.1) is 11.3 Å². The van der Waals surface area contributed by atoms with Gasteiger partial charge in [0.2, 0.25) is 0 Å². The van der Waals surface area contributed by atoms with Crippen LogP contribution in [0.1, 0.15) is 5.01 Å². The van der Waals surface area contributed by atoms with E-state index in [9.17, 15) is 4.79 Å². The maximum absolute atomic E-state index is 11.6. The van der Waals surface area contributed by atoms with Crippen molar-refractivity contribution in [3.8, 4) is 11.5 Å². The van der Waals surface area contributed by atoms with E-state index in [-0.39, 0.29) is 0 Å². The van der Waals surface area contributed by atoms with Crippen LogP contribution in [0, 0.1) is 0 Å². The highest BCUT2D eigenvalue weighted by molar-refractivity contribution is 7.18. The number of nitrogens with zero attached hydrogens (tertiary/aromatic N) is 2. The summed E-state index contributed by atoms with van der Waals surface area (Å²) in [4.78, 5) is 17.4. The smallest absolute Gasteiger partial charge is 0.414 e. The first-order valence-corrected chi connectivity index (χ1v) is 8.38. The van der Waals surface area contributed by atoms with Crippen LogP contribution in [0.3, 0.4) is 0 Å². The first kappa shape index (κ1) is 16.5. The third kappa shape index (κ3) is 3.77. The van der Waals surface area contributed by atoms with Crippen molar-refractivity contribution < 1.29 is 14.3 Å². The van der Waals surface area contributed by atoms with Gasteiger partial charge in [-0.3, -0.25) is 0 Å². The van der Waals surface area contributed by atoms with E-state index in [1.807, 2.05) is 24.3 Å². The molecule has 0 unspecified atom stereocenters. The summed E-state index contributed by atoms with van der Waals surface area (Å²) in [5, 5.41) is 1.20. The standard InChI is InChI=1S/C17H15ClN2O3S/c1-20(2)17(21)23-14-8-7-11(9-12(14)18)22-10-16-19-13-5-3-4-6-15(13)24-16/h3-9H,10H2,1-2H3. The highest BCUT2D eigenvalue weighted by Crippen LogP contribution is 2.30. The zero-order chi connectivity index (χ0) is 17.1. The van der Waals surface area contributed by atoms with Gasteiger partial charge < -0.3 is 14.4 Å². The minimum atomic E-state index is -0.486. The van der Waals surface area contributed by atoms with Crippen molar-refractivity contribution >= 4 is 39.2 Å². The Morgan fingerprint density at radius 2 is 2.04 bits per heavy atom. The van der Waals surface area contributed by atoms with E-state index < -0.39 is 6.09 Å². The Labute approximate surface area is 148 Å². The molecule has 1 aromatic heterocycles. The molecule has 5 nitrogen and oxygen atoms in total. The first-order chi connectivity index (χ1) is 11.5. The molecule has 124 valence electrons. The molecule has 0 aliphatic rings. The van der Waals surface area contributed by atoms with Crippen LogP contribution in [0.5, 0.6) is 11.5 Å². The van der Waals surface area contributed by atoms with Gasteiger partial charge in [-0.2, -0.15) is 0 Å². The molecule has 0 spiro atoms. The van der Waals surface area contributed by atoms with E-state index in [4.69, 9.17) is 21.1 Å². The number of carbonyl (C=O) groups excluding carboxylic acids is 1. The molecule has 24 heavy (non-hydrogen) atoms. The monoisotopic (exact) mass is 362 g/mol. The summed E-state index contributed by atoms with van der Waals surface area (Å²) < 4.78 is 12.0. The lowest BCUT2D eigenvalue weighted by atomic mass is 10.3. The number of ether oxygens (including phenoxy) is 2. The Balaban J connectivity index is 1.67. The van der Waals surface area contributed by atoms with Gasteiger partial charge in [0.05, 0.1) is 15.2 Å². The third-order valence-corrected chi connectivity index (χ3v) is 4.47. The molecule has 0 saturated carbocycles. The van der Waals surface area contributed by atoms with Gasteiger partial charge in [0.15, 0.2) is 5.75 Å².